The second kappa shape index (κ2) is 4.15. The van der Waals surface area contributed by atoms with Gasteiger partial charge in [-0.3, -0.25) is 4.79 Å². The van der Waals surface area contributed by atoms with Crippen LogP contribution in [0.25, 0.3) is 0 Å². The number of ether oxygens (including phenoxy) is 1. The summed E-state index contributed by atoms with van der Waals surface area (Å²) in [5.74, 6) is 0.0946. The fourth-order valence-electron chi connectivity index (χ4n) is 1.44. The molecule has 1 atom stereocenters. The van der Waals surface area contributed by atoms with Crippen LogP contribution < -0.4 is 10.5 Å². The maximum Gasteiger partial charge on any atom is 0.252 e. The lowest BCUT2D eigenvalue weighted by Crippen LogP contribution is -2.14. The van der Waals surface area contributed by atoms with E-state index in [1.165, 1.54) is 0 Å². The zero-order valence-electron chi connectivity index (χ0n) is 8.45. The number of nitrogens with two attached hydrogens (primary N) is 1. The Kier molecular flexibility index (Phi) is 3.00. The van der Waals surface area contributed by atoms with Gasteiger partial charge in [0.15, 0.2) is 0 Å². The number of rotatable bonds is 4. The lowest BCUT2D eigenvalue weighted by Gasteiger charge is -2.09. The third-order valence-electron chi connectivity index (χ3n) is 2.55. The van der Waals surface area contributed by atoms with E-state index in [0.717, 1.165) is 6.42 Å². The molecule has 3 nitrogen and oxygen atoms in total. The van der Waals surface area contributed by atoms with Crippen molar-refractivity contribution in [1.82, 2.24) is 0 Å². The van der Waals surface area contributed by atoms with E-state index in [9.17, 15) is 4.79 Å². The molecule has 0 heterocycles. The minimum Gasteiger partial charge on any atom is -0.492 e. The van der Waals surface area contributed by atoms with Gasteiger partial charge in [-0.2, -0.15) is 0 Å². The molecular weight excluding hydrogens is 249 g/mol. The third kappa shape index (κ3) is 2.42. The molecule has 1 aliphatic rings. The molecule has 1 fully saturated rings. The summed E-state index contributed by atoms with van der Waals surface area (Å²) < 4.78 is 4.82. The average Bonchev–Trinajstić information content (AvgIpc) is 2.84. The van der Waals surface area contributed by atoms with Gasteiger partial charge in [-0.15, -0.1) is 23.2 Å². The smallest absolute Gasteiger partial charge is 0.252 e. The van der Waals surface area contributed by atoms with E-state index in [-0.39, 0.29) is 5.92 Å². The number of carbonyl (C=O) groups is 1. The lowest BCUT2D eigenvalue weighted by atomic mass is 10.2. The van der Waals surface area contributed by atoms with E-state index in [2.05, 4.69) is 0 Å². The number of alkyl halides is 2. The molecule has 0 spiro atoms. The Hall–Kier alpha value is -0.930. The molecule has 1 aromatic rings. The van der Waals surface area contributed by atoms with Gasteiger partial charge in [-0.1, -0.05) is 12.1 Å². The first kappa shape index (κ1) is 11.6. The minimum absolute atomic E-state index is 0.122. The van der Waals surface area contributed by atoms with E-state index < -0.39 is 10.2 Å². The van der Waals surface area contributed by atoms with Crippen LogP contribution in [0.5, 0.6) is 5.75 Å². The zero-order chi connectivity index (χ0) is 11.8. The topological polar surface area (TPSA) is 52.3 Å². The van der Waals surface area contributed by atoms with Gasteiger partial charge >= 0.3 is 0 Å². The summed E-state index contributed by atoms with van der Waals surface area (Å²) in [6.45, 7) is 0.400. The standard InChI is InChI=1S/C11H11Cl2NO2/c12-11(13)5-7(11)6-16-9-4-2-1-3-8(9)10(14)15/h1-4,7H,5-6H2,(H2,14,15). The molecule has 5 heteroatoms. The fraction of sp³-hybridized carbons (Fsp3) is 0.364. The number of benzene rings is 1. The fourth-order valence-corrected chi connectivity index (χ4v) is 1.94. The largest absolute Gasteiger partial charge is 0.492 e. The van der Waals surface area contributed by atoms with Crippen molar-refractivity contribution in [2.75, 3.05) is 6.61 Å². The SMILES string of the molecule is NC(=O)c1ccccc1OCC1CC1(Cl)Cl. The van der Waals surface area contributed by atoms with Crippen LogP contribution in [0, 0.1) is 5.92 Å². The normalized spacial score (nSPS) is 21.5. The Morgan fingerprint density at radius 1 is 1.50 bits per heavy atom. The molecule has 0 radical (unpaired) electrons. The van der Waals surface area contributed by atoms with Crippen molar-refractivity contribution in [3.8, 4) is 5.75 Å². The highest BCUT2D eigenvalue weighted by atomic mass is 35.5. The van der Waals surface area contributed by atoms with Gasteiger partial charge in [0.25, 0.3) is 5.91 Å². The van der Waals surface area contributed by atoms with Crippen LogP contribution in [0.15, 0.2) is 24.3 Å². The molecule has 2 N–H and O–H groups in total. The van der Waals surface area contributed by atoms with Crippen molar-refractivity contribution in [3.63, 3.8) is 0 Å². The Bertz CT molecular complexity index is 420. The summed E-state index contributed by atoms with van der Waals surface area (Å²) in [6.07, 6.45) is 0.717. The van der Waals surface area contributed by atoms with Crippen molar-refractivity contribution >= 4 is 29.1 Å². The summed E-state index contributed by atoms with van der Waals surface area (Å²) >= 11 is 11.7. The average molecular weight is 260 g/mol. The zero-order valence-corrected chi connectivity index (χ0v) is 9.96. The molecule has 0 aromatic heterocycles. The highest BCUT2D eigenvalue weighted by Gasteiger charge is 2.52. The lowest BCUT2D eigenvalue weighted by molar-refractivity contribution is 0.0996. The first-order chi connectivity index (χ1) is 7.50. The summed E-state index contributed by atoms with van der Waals surface area (Å²) in [4.78, 5) is 11.1. The Morgan fingerprint density at radius 2 is 2.12 bits per heavy atom. The van der Waals surface area contributed by atoms with Gasteiger partial charge in [-0.25, -0.2) is 0 Å². The molecule has 0 bridgehead atoms. The quantitative estimate of drug-likeness (QED) is 0.845. The molecule has 86 valence electrons. The van der Waals surface area contributed by atoms with Crippen LogP contribution in [0.1, 0.15) is 16.8 Å². The van der Waals surface area contributed by atoms with Gasteiger partial charge in [0.2, 0.25) is 0 Å². The number of hydrogen-bond acceptors (Lipinski definition) is 2. The molecule has 2 rings (SSSR count). The van der Waals surface area contributed by atoms with Crippen molar-refractivity contribution < 1.29 is 9.53 Å². The maximum atomic E-state index is 11.1. The summed E-state index contributed by atoms with van der Waals surface area (Å²) in [6, 6.07) is 6.84. The molecule has 1 saturated carbocycles. The number of carbonyl (C=O) groups excluding carboxylic acids is 1. The summed E-state index contributed by atoms with van der Waals surface area (Å²) in [7, 11) is 0. The highest BCUT2D eigenvalue weighted by Crippen LogP contribution is 2.53. The van der Waals surface area contributed by atoms with Crippen molar-refractivity contribution in [2.45, 2.75) is 10.8 Å². The molecular formula is C11H11Cl2NO2. The van der Waals surface area contributed by atoms with Crippen LogP contribution in [0.3, 0.4) is 0 Å². The second-order valence-electron chi connectivity index (χ2n) is 3.83. The molecule has 1 aromatic carbocycles. The number of halogens is 2. The van der Waals surface area contributed by atoms with E-state index >= 15 is 0 Å². The van der Waals surface area contributed by atoms with Crippen LogP contribution in [-0.2, 0) is 0 Å². The van der Waals surface area contributed by atoms with E-state index in [4.69, 9.17) is 33.7 Å². The monoisotopic (exact) mass is 259 g/mol. The van der Waals surface area contributed by atoms with E-state index in [1.807, 2.05) is 0 Å². The number of amides is 1. The van der Waals surface area contributed by atoms with Gasteiger partial charge in [0.1, 0.15) is 10.1 Å². The number of hydrogen-bond donors (Lipinski definition) is 1. The Morgan fingerprint density at radius 3 is 2.69 bits per heavy atom. The van der Waals surface area contributed by atoms with Crippen LogP contribution in [-0.4, -0.2) is 16.8 Å². The van der Waals surface area contributed by atoms with Crippen molar-refractivity contribution in [2.24, 2.45) is 11.7 Å². The number of primary amides is 1. The van der Waals surface area contributed by atoms with Gasteiger partial charge in [0.05, 0.1) is 12.2 Å². The highest BCUT2D eigenvalue weighted by molar-refractivity contribution is 6.50. The van der Waals surface area contributed by atoms with Crippen LogP contribution >= 0.6 is 23.2 Å². The van der Waals surface area contributed by atoms with Gasteiger partial charge in [0, 0.05) is 5.92 Å². The molecule has 1 aliphatic carbocycles. The number of para-hydroxylation sites is 1. The van der Waals surface area contributed by atoms with Crippen molar-refractivity contribution in [3.05, 3.63) is 29.8 Å². The maximum absolute atomic E-state index is 11.1. The van der Waals surface area contributed by atoms with Crippen LogP contribution in [0.4, 0.5) is 0 Å². The Balaban J connectivity index is 2.02. The molecule has 1 unspecified atom stereocenters. The van der Waals surface area contributed by atoms with E-state index in [0.29, 0.717) is 17.9 Å². The summed E-state index contributed by atoms with van der Waals surface area (Å²) in [5.41, 5.74) is 5.59. The van der Waals surface area contributed by atoms with Gasteiger partial charge in [-0.05, 0) is 18.6 Å². The minimum atomic E-state index is -0.665. The van der Waals surface area contributed by atoms with E-state index in [1.54, 1.807) is 24.3 Å². The Labute approximate surface area is 103 Å². The molecule has 1 amide bonds. The third-order valence-corrected chi connectivity index (χ3v) is 3.47. The van der Waals surface area contributed by atoms with Crippen molar-refractivity contribution in [1.29, 1.82) is 0 Å². The molecule has 0 saturated heterocycles. The van der Waals surface area contributed by atoms with Crippen LogP contribution in [0.2, 0.25) is 0 Å². The predicted octanol–water partition coefficient (Wildman–Crippen LogP) is 2.36. The first-order valence-electron chi connectivity index (χ1n) is 4.90. The second-order valence-corrected chi connectivity index (χ2v) is 5.38. The molecule has 16 heavy (non-hydrogen) atoms. The van der Waals surface area contributed by atoms with Gasteiger partial charge < -0.3 is 10.5 Å². The predicted molar refractivity (Wildman–Crippen MR) is 63.0 cm³/mol. The molecule has 0 aliphatic heterocycles. The first-order valence-corrected chi connectivity index (χ1v) is 5.66. The summed E-state index contributed by atoms with van der Waals surface area (Å²) in [5, 5.41) is 0.